The number of nitrogens with zero attached hydrogens (tertiary/aromatic N) is 2. The SMILES string of the molecule is COc1ncccc1-c1ccc2c(c1)[C@H]1CN(Cc3cccc(C)c3)C[C@@H]1S2(=O)=O. The summed E-state index contributed by atoms with van der Waals surface area (Å²) >= 11 is 0. The van der Waals surface area contributed by atoms with Gasteiger partial charge in [0.15, 0.2) is 9.84 Å². The van der Waals surface area contributed by atoms with Crippen LogP contribution in [-0.2, 0) is 16.4 Å². The van der Waals surface area contributed by atoms with Gasteiger partial charge in [-0.25, -0.2) is 13.4 Å². The summed E-state index contributed by atoms with van der Waals surface area (Å²) in [6.07, 6.45) is 1.69. The maximum absolute atomic E-state index is 13.2. The zero-order chi connectivity index (χ0) is 20.9. The molecule has 1 saturated heterocycles. The second-order valence-electron chi connectivity index (χ2n) is 8.19. The zero-order valence-electron chi connectivity index (χ0n) is 17.1. The fourth-order valence-electron chi connectivity index (χ4n) is 4.86. The van der Waals surface area contributed by atoms with Gasteiger partial charge in [-0.05, 0) is 47.9 Å². The average molecular weight is 421 g/mol. The lowest BCUT2D eigenvalue weighted by Crippen LogP contribution is -2.25. The van der Waals surface area contributed by atoms with Gasteiger partial charge in [0.05, 0.1) is 17.3 Å². The molecule has 0 aliphatic carbocycles. The maximum atomic E-state index is 13.2. The topological polar surface area (TPSA) is 59.5 Å². The van der Waals surface area contributed by atoms with E-state index in [4.69, 9.17) is 4.74 Å². The fourth-order valence-corrected chi connectivity index (χ4v) is 7.06. The van der Waals surface area contributed by atoms with Crippen molar-refractivity contribution in [2.24, 2.45) is 0 Å². The van der Waals surface area contributed by atoms with Gasteiger partial charge in [0, 0.05) is 37.3 Å². The van der Waals surface area contributed by atoms with Gasteiger partial charge >= 0.3 is 0 Å². The summed E-state index contributed by atoms with van der Waals surface area (Å²) in [5, 5.41) is -0.372. The molecule has 6 heteroatoms. The van der Waals surface area contributed by atoms with Crippen molar-refractivity contribution in [1.82, 2.24) is 9.88 Å². The van der Waals surface area contributed by atoms with Crippen LogP contribution >= 0.6 is 0 Å². The van der Waals surface area contributed by atoms with Crippen molar-refractivity contribution in [1.29, 1.82) is 0 Å². The highest BCUT2D eigenvalue weighted by Gasteiger charge is 2.50. The molecule has 0 unspecified atom stereocenters. The number of aryl methyl sites for hydroxylation is 1. The summed E-state index contributed by atoms with van der Waals surface area (Å²) < 4.78 is 31.9. The largest absolute Gasteiger partial charge is 0.481 e. The van der Waals surface area contributed by atoms with Crippen molar-refractivity contribution in [3.05, 3.63) is 77.5 Å². The van der Waals surface area contributed by atoms with Crippen molar-refractivity contribution in [2.45, 2.75) is 29.5 Å². The highest BCUT2D eigenvalue weighted by atomic mass is 32.2. The van der Waals surface area contributed by atoms with E-state index in [1.54, 1.807) is 19.4 Å². The number of rotatable bonds is 4. The summed E-state index contributed by atoms with van der Waals surface area (Å²) in [7, 11) is -1.72. The number of methoxy groups -OCH3 is 1. The normalized spacial score (nSPS) is 21.9. The second kappa shape index (κ2) is 7.22. The number of fused-ring (bicyclic) bond motifs is 3. The molecule has 30 heavy (non-hydrogen) atoms. The van der Waals surface area contributed by atoms with Gasteiger partial charge in [-0.15, -0.1) is 0 Å². The van der Waals surface area contributed by atoms with Gasteiger partial charge < -0.3 is 4.74 Å². The zero-order valence-corrected chi connectivity index (χ0v) is 17.9. The lowest BCUT2D eigenvalue weighted by Gasteiger charge is -2.18. The molecule has 1 aromatic heterocycles. The van der Waals surface area contributed by atoms with Crippen LogP contribution < -0.4 is 4.74 Å². The Morgan fingerprint density at radius 3 is 2.77 bits per heavy atom. The molecule has 154 valence electrons. The maximum Gasteiger partial charge on any atom is 0.221 e. The van der Waals surface area contributed by atoms with Crippen molar-refractivity contribution in [2.75, 3.05) is 20.2 Å². The first-order chi connectivity index (χ1) is 14.5. The quantitative estimate of drug-likeness (QED) is 0.642. The predicted molar refractivity (Wildman–Crippen MR) is 116 cm³/mol. The molecule has 0 spiro atoms. The molecule has 5 rings (SSSR count). The Balaban J connectivity index is 1.49. The van der Waals surface area contributed by atoms with Gasteiger partial charge in [0.2, 0.25) is 5.88 Å². The smallest absolute Gasteiger partial charge is 0.221 e. The fraction of sp³-hybridized carbons (Fsp3) is 0.292. The Labute approximate surface area is 177 Å². The van der Waals surface area contributed by atoms with Crippen molar-refractivity contribution >= 4 is 9.84 Å². The molecular formula is C24H24N2O3S. The third-order valence-corrected chi connectivity index (χ3v) is 8.48. The van der Waals surface area contributed by atoms with Crippen molar-refractivity contribution < 1.29 is 13.2 Å². The van der Waals surface area contributed by atoms with Gasteiger partial charge in [-0.1, -0.05) is 35.9 Å². The van der Waals surface area contributed by atoms with E-state index in [0.717, 1.165) is 29.8 Å². The Kier molecular flexibility index (Phi) is 4.64. The van der Waals surface area contributed by atoms with Crippen molar-refractivity contribution in [3.8, 4) is 17.0 Å². The number of hydrogen-bond donors (Lipinski definition) is 0. The Bertz CT molecular complexity index is 1220. The Hall–Kier alpha value is -2.70. The summed E-state index contributed by atoms with van der Waals surface area (Å²) in [6.45, 7) is 4.17. The van der Waals surface area contributed by atoms with Crippen LogP contribution in [0.5, 0.6) is 5.88 Å². The summed E-state index contributed by atoms with van der Waals surface area (Å²) in [6, 6.07) is 17.9. The van der Waals surface area contributed by atoms with Gasteiger partial charge in [0.1, 0.15) is 0 Å². The third kappa shape index (κ3) is 3.11. The van der Waals surface area contributed by atoms with Gasteiger partial charge in [-0.2, -0.15) is 0 Å². The average Bonchev–Trinajstić information content (AvgIpc) is 3.25. The lowest BCUT2D eigenvalue weighted by atomic mass is 9.95. The molecule has 3 aromatic rings. The minimum Gasteiger partial charge on any atom is -0.481 e. The molecule has 0 bridgehead atoms. The standard InChI is InChI=1S/C24H24N2O3S/c1-16-5-3-6-17(11-16)13-26-14-21-20-12-18(19-7-4-10-25-24(19)29-2)8-9-22(20)30(27,28)23(21)15-26/h3-12,21,23H,13-15H2,1-2H3/t21-,23+/m1/s1. The highest BCUT2D eigenvalue weighted by molar-refractivity contribution is 7.92. The summed E-state index contributed by atoms with van der Waals surface area (Å²) in [5.74, 6) is 0.541. The summed E-state index contributed by atoms with van der Waals surface area (Å²) in [5.41, 5.74) is 5.18. The number of likely N-dealkylation sites (tertiary alicyclic amines) is 1. The number of sulfone groups is 1. The molecule has 2 aliphatic heterocycles. The van der Waals surface area contributed by atoms with E-state index in [2.05, 4.69) is 41.1 Å². The minimum absolute atomic E-state index is 0.00238. The predicted octanol–water partition coefficient (Wildman–Crippen LogP) is 3.82. The molecule has 3 heterocycles. The van der Waals surface area contributed by atoms with Crippen LogP contribution in [0.4, 0.5) is 0 Å². The van der Waals surface area contributed by atoms with Gasteiger partial charge in [-0.3, -0.25) is 4.90 Å². The van der Waals surface area contributed by atoms with Crippen LogP contribution in [0, 0.1) is 6.92 Å². The number of hydrogen-bond acceptors (Lipinski definition) is 5. The van der Waals surface area contributed by atoms with E-state index < -0.39 is 9.84 Å². The van der Waals surface area contributed by atoms with Gasteiger partial charge in [0.25, 0.3) is 0 Å². The first-order valence-electron chi connectivity index (χ1n) is 10.1. The number of pyridine rings is 1. The first-order valence-corrected chi connectivity index (χ1v) is 11.7. The van der Waals surface area contributed by atoms with Crippen LogP contribution in [-0.4, -0.2) is 43.8 Å². The van der Waals surface area contributed by atoms with E-state index in [1.807, 2.05) is 24.3 Å². The number of ether oxygens (including phenoxy) is 1. The molecular weight excluding hydrogens is 396 g/mol. The summed E-state index contributed by atoms with van der Waals surface area (Å²) in [4.78, 5) is 7.03. The Morgan fingerprint density at radius 1 is 1.10 bits per heavy atom. The molecule has 2 atom stereocenters. The molecule has 5 nitrogen and oxygen atoms in total. The number of aromatic nitrogens is 1. The van der Waals surface area contributed by atoms with Crippen LogP contribution in [0.2, 0.25) is 0 Å². The minimum atomic E-state index is -3.32. The van der Waals surface area contributed by atoms with E-state index in [-0.39, 0.29) is 11.2 Å². The van der Waals surface area contributed by atoms with E-state index in [0.29, 0.717) is 17.3 Å². The van der Waals surface area contributed by atoms with Crippen LogP contribution in [0.3, 0.4) is 0 Å². The highest BCUT2D eigenvalue weighted by Crippen LogP contribution is 2.46. The molecule has 0 N–H and O–H groups in total. The van der Waals surface area contributed by atoms with E-state index in [1.165, 1.54) is 11.1 Å². The molecule has 2 aromatic carbocycles. The first kappa shape index (κ1) is 19.3. The monoisotopic (exact) mass is 420 g/mol. The molecule has 0 radical (unpaired) electrons. The second-order valence-corrected chi connectivity index (χ2v) is 10.3. The third-order valence-electron chi connectivity index (χ3n) is 6.22. The van der Waals surface area contributed by atoms with Crippen LogP contribution in [0.15, 0.2) is 65.7 Å². The van der Waals surface area contributed by atoms with Crippen molar-refractivity contribution in [3.63, 3.8) is 0 Å². The molecule has 1 fully saturated rings. The van der Waals surface area contributed by atoms with E-state index in [9.17, 15) is 8.42 Å². The number of benzene rings is 2. The van der Waals surface area contributed by atoms with Crippen LogP contribution in [0.1, 0.15) is 22.6 Å². The molecule has 0 amide bonds. The molecule has 0 saturated carbocycles. The molecule has 2 aliphatic rings. The van der Waals surface area contributed by atoms with Crippen LogP contribution in [0.25, 0.3) is 11.1 Å². The lowest BCUT2D eigenvalue weighted by molar-refractivity contribution is 0.325. The van der Waals surface area contributed by atoms with E-state index >= 15 is 0 Å². The Morgan fingerprint density at radius 2 is 1.97 bits per heavy atom.